The first-order chi connectivity index (χ1) is 13.9. The second kappa shape index (κ2) is 19.0. The topological polar surface area (TPSA) is 49.0 Å². The van der Waals surface area contributed by atoms with Gasteiger partial charge in [0.2, 0.25) is 0 Å². The molecule has 5 nitrogen and oxygen atoms in total. The van der Waals surface area contributed by atoms with Gasteiger partial charge in [0, 0.05) is 26.4 Å². The highest BCUT2D eigenvalue weighted by Crippen LogP contribution is 2.16. The van der Waals surface area contributed by atoms with Gasteiger partial charge in [0.15, 0.2) is 0 Å². The van der Waals surface area contributed by atoms with Crippen LogP contribution >= 0.6 is 0 Å². The van der Waals surface area contributed by atoms with Gasteiger partial charge in [0.1, 0.15) is 10.8 Å². The minimum absolute atomic E-state index is 0.279. The molecule has 0 aliphatic rings. The fraction of sp³-hybridized carbons (Fsp3) is 1.00. The van der Waals surface area contributed by atoms with E-state index in [1.165, 1.54) is 24.9 Å². The second-order valence-electron chi connectivity index (χ2n) is 8.33. The Labute approximate surface area is 186 Å². The number of rotatable bonds is 22. The maximum Gasteiger partial charge on any atom is 0.142 e. The Kier molecular flexibility index (Phi) is 19.1. The zero-order chi connectivity index (χ0) is 21.8. The smallest absolute Gasteiger partial charge is 0.142 e. The molecule has 29 heavy (non-hydrogen) atoms. The van der Waals surface area contributed by atoms with Gasteiger partial charge in [-0.3, -0.25) is 0 Å². The lowest BCUT2D eigenvalue weighted by atomic mass is 10.4. The van der Waals surface area contributed by atoms with Crippen molar-refractivity contribution in [1.29, 1.82) is 0 Å². The molecule has 0 fully saturated rings. The Morgan fingerprint density at radius 1 is 0.586 bits per heavy atom. The third-order valence-electron chi connectivity index (χ3n) is 4.91. The van der Waals surface area contributed by atoms with Crippen LogP contribution in [0.15, 0.2) is 0 Å². The van der Waals surface area contributed by atoms with Crippen LogP contribution in [-0.2, 0) is 18.9 Å². The molecule has 0 saturated heterocycles. The van der Waals surface area contributed by atoms with Crippen molar-refractivity contribution in [2.75, 3.05) is 39.5 Å². The van der Waals surface area contributed by atoms with Crippen molar-refractivity contribution in [3.63, 3.8) is 0 Å². The molecule has 0 saturated carbocycles. The third kappa shape index (κ3) is 16.6. The molecule has 0 unspecified atom stereocenters. The molecular formula is C22H51NO4Si2. The fourth-order valence-electron chi connectivity index (χ4n) is 3.16. The summed E-state index contributed by atoms with van der Waals surface area (Å²) in [6.07, 6.45) is 6.65. The first-order valence-electron chi connectivity index (χ1n) is 12.2. The highest BCUT2D eigenvalue weighted by Gasteiger charge is 2.26. The molecule has 0 aromatic rings. The molecule has 0 bridgehead atoms. The van der Waals surface area contributed by atoms with E-state index in [0.29, 0.717) is 0 Å². The van der Waals surface area contributed by atoms with Gasteiger partial charge in [0.05, 0.1) is 19.0 Å². The average Bonchev–Trinajstić information content (AvgIpc) is 2.72. The van der Waals surface area contributed by atoms with Gasteiger partial charge >= 0.3 is 0 Å². The molecule has 0 aromatic carbocycles. The first-order valence-corrected chi connectivity index (χ1v) is 15.6. The summed E-state index contributed by atoms with van der Waals surface area (Å²) in [5, 5.41) is 3.61. The summed E-state index contributed by atoms with van der Waals surface area (Å²) in [6, 6.07) is 2.53. The molecule has 0 aliphatic heterocycles. The summed E-state index contributed by atoms with van der Waals surface area (Å²) in [7, 11) is -0.804. The maximum absolute atomic E-state index is 6.03. The van der Waals surface area contributed by atoms with Crippen molar-refractivity contribution in [3.05, 3.63) is 0 Å². The number of hydrogen-bond donors (Lipinski definition) is 1. The van der Waals surface area contributed by atoms with Gasteiger partial charge in [-0.1, -0.05) is 39.8 Å². The summed E-state index contributed by atoms with van der Waals surface area (Å²) in [4.78, 5) is 0. The molecule has 0 aliphatic carbocycles. The van der Waals surface area contributed by atoms with Crippen LogP contribution in [0, 0.1) is 0 Å². The van der Waals surface area contributed by atoms with E-state index in [1.807, 2.05) is 0 Å². The minimum atomic E-state index is -0.402. The van der Waals surface area contributed by atoms with E-state index in [4.69, 9.17) is 18.9 Å². The van der Waals surface area contributed by atoms with Gasteiger partial charge in [0.25, 0.3) is 0 Å². The van der Waals surface area contributed by atoms with Crippen molar-refractivity contribution in [3.8, 4) is 0 Å². The molecule has 0 heterocycles. The summed E-state index contributed by atoms with van der Waals surface area (Å²) in [6.45, 7) is 18.3. The Morgan fingerprint density at radius 2 is 0.897 bits per heavy atom. The van der Waals surface area contributed by atoms with Crippen LogP contribution in [0.2, 0.25) is 12.1 Å². The zero-order valence-electron chi connectivity index (χ0n) is 20.4. The Hall–Kier alpha value is 0.234. The van der Waals surface area contributed by atoms with Crippen molar-refractivity contribution < 1.29 is 18.9 Å². The van der Waals surface area contributed by atoms with Crippen LogP contribution < -0.4 is 5.32 Å². The van der Waals surface area contributed by atoms with Crippen LogP contribution in [0.4, 0.5) is 0 Å². The molecule has 0 aromatic heterocycles. The van der Waals surface area contributed by atoms with Crippen molar-refractivity contribution in [1.82, 2.24) is 5.32 Å². The van der Waals surface area contributed by atoms with Crippen LogP contribution in [0.25, 0.3) is 0 Å². The molecule has 0 spiro atoms. The van der Waals surface area contributed by atoms with Crippen LogP contribution in [-0.4, -0.2) is 69.4 Å². The third-order valence-corrected chi connectivity index (χ3v) is 9.26. The Balaban J connectivity index is 3.88. The average molecular weight is 450 g/mol. The highest BCUT2D eigenvalue weighted by atomic mass is 28.2. The lowest BCUT2D eigenvalue weighted by molar-refractivity contribution is -0.169. The molecule has 0 rings (SSSR count). The standard InChI is InChI=1S/C22H51NO4Si2/c1-7-15-24-21(5,25-16-8-2)28-19-11-13-23-14-12-20-29-22(6,26-17-9-3)27-18-10-4/h23H,7-20,28-29H2,1-6H3. The number of ether oxygens (including phenoxy) is 4. The van der Waals surface area contributed by atoms with E-state index in [0.717, 1.165) is 65.2 Å². The van der Waals surface area contributed by atoms with E-state index < -0.39 is 19.0 Å². The SMILES string of the molecule is CCCOC(C)(OCCC)[SiH2]CCCNCCC[SiH2]C(C)(OCCC)OCCC. The van der Waals surface area contributed by atoms with E-state index in [1.54, 1.807) is 0 Å². The predicted octanol–water partition coefficient (Wildman–Crippen LogP) is 3.58. The first kappa shape index (κ1) is 29.2. The largest absolute Gasteiger partial charge is 0.355 e. The molecule has 176 valence electrons. The second-order valence-corrected chi connectivity index (χ2v) is 13.3. The summed E-state index contributed by atoms with van der Waals surface area (Å²) in [5.41, 5.74) is -0.557. The molecule has 7 heteroatoms. The fourth-order valence-corrected chi connectivity index (χ4v) is 6.60. The summed E-state index contributed by atoms with van der Waals surface area (Å²) in [5.74, 6) is 0. The minimum Gasteiger partial charge on any atom is -0.355 e. The van der Waals surface area contributed by atoms with E-state index in [9.17, 15) is 0 Å². The van der Waals surface area contributed by atoms with Gasteiger partial charge in [-0.15, -0.1) is 0 Å². The number of hydrogen-bond acceptors (Lipinski definition) is 5. The summed E-state index contributed by atoms with van der Waals surface area (Å²) < 4.78 is 24.1. The zero-order valence-corrected chi connectivity index (χ0v) is 23.3. The van der Waals surface area contributed by atoms with Crippen molar-refractivity contribution >= 4 is 19.0 Å². The van der Waals surface area contributed by atoms with E-state index in [-0.39, 0.29) is 10.8 Å². The Morgan fingerprint density at radius 3 is 1.17 bits per heavy atom. The monoisotopic (exact) mass is 449 g/mol. The van der Waals surface area contributed by atoms with Gasteiger partial charge < -0.3 is 24.3 Å². The van der Waals surface area contributed by atoms with Gasteiger partial charge in [-0.25, -0.2) is 0 Å². The van der Waals surface area contributed by atoms with Crippen molar-refractivity contribution in [2.24, 2.45) is 0 Å². The summed E-state index contributed by atoms with van der Waals surface area (Å²) >= 11 is 0. The van der Waals surface area contributed by atoms with Crippen molar-refractivity contribution in [2.45, 2.75) is 103 Å². The quantitative estimate of drug-likeness (QED) is 0.155. The predicted molar refractivity (Wildman–Crippen MR) is 131 cm³/mol. The maximum atomic E-state index is 6.03. The van der Waals surface area contributed by atoms with E-state index in [2.05, 4.69) is 46.9 Å². The number of nitrogens with one attached hydrogen (secondary N) is 1. The molecule has 1 N–H and O–H groups in total. The van der Waals surface area contributed by atoms with Crippen LogP contribution in [0.5, 0.6) is 0 Å². The van der Waals surface area contributed by atoms with E-state index >= 15 is 0 Å². The van der Waals surface area contributed by atoms with Crippen LogP contribution in [0.3, 0.4) is 0 Å². The molecular weight excluding hydrogens is 398 g/mol. The van der Waals surface area contributed by atoms with Gasteiger partial charge in [-0.05, 0) is 65.5 Å². The lowest BCUT2D eigenvalue weighted by Crippen LogP contribution is -2.40. The molecule has 0 radical (unpaired) electrons. The lowest BCUT2D eigenvalue weighted by Gasteiger charge is -2.30. The highest BCUT2D eigenvalue weighted by molar-refractivity contribution is 6.39. The normalized spacial score (nSPS) is 13.4. The molecule has 0 atom stereocenters. The van der Waals surface area contributed by atoms with Gasteiger partial charge in [-0.2, -0.15) is 0 Å². The molecule has 0 amide bonds. The van der Waals surface area contributed by atoms with Crippen LogP contribution in [0.1, 0.15) is 80.1 Å². The Bertz CT molecular complexity index is 314.